The van der Waals surface area contributed by atoms with Gasteiger partial charge >= 0.3 is 6.18 Å². The van der Waals surface area contributed by atoms with Crippen molar-refractivity contribution in [1.29, 1.82) is 0 Å². The van der Waals surface area contributed by atoms with Gasteiger partial charge in [0.2, 0.25) is 0 Å². The molecule has 0 bridgehead atoms. The normalized spacial score (nSPS) is 13.9. The lowest BCUT2D eigenvalue weighted by atomic mass is 10.0. The van der Waals surface area contributed by atoms with Gasteiger partial charge in [0.05, 0.1) is 6.42 Å². The first-order valence-electron chi connectivity index (χ1n) is 4.11. The Bertz CT molecular complexity index is 350. The van der Waals surface area contributed by atoms with Crippen LogP contribution in [0.4, 0.5) is 17.6 Å². The minimum absolute atomic E-state index is 0.243. The Morgan fingerprint density at radius 2 is 1.93 bits per heavy atom. The van der Waals surface area contributed by atoms with Gasteiger partial charge in [-0.3, -0.25) is 0 Å². The second-order valence-corrected chi connectivity index (χ2v) is 3.10. The number of benzene rings is 1. The molecule has 1 aromatic rings. The lowest BCUT2D eigenvalue weighted by Gasteiger charge is -2.15. The highest BCUT2D eigenvalue weighted by molar-refractivity contribution is 5.35. The third-order valence-corrected chi connectivity index (χ3v) is 1.87. The van der Waals surface area contributed by atoms with E-state index in [0.717, 1.165) is 12.1 Å². The molecule has 84 valence electrons. The third kappa shape index (κ3) is 3.09. The maximum Gasteiger partial charge on any atom is 0.390 e. The lowest BCUT2D eigenvalue weighted by Crippen LogP contribution is -2.20. The zero-order chi connectivity index (χ0) is 11.6. The highest BCUT2D eigenvalue weighted by Crippen LogP contribution is 2.32. The van der Waals surface area contributed by atoms with Gasteiger partial charge in [-0.2, -0.15) is 13.2 Å². The Balaban J connectivity index is 2.92. The van der Waals surface area contributed by atoms with Crippen molar-refractivity contribution in [2.24, 2.45) is 5.73 Å². The van der Waals surface area contributed by atoms with Gasteiger partial charge in [0, 0.05) is 11.6 Å². The number of alkyl halides is 3. The van der Waals surface area contributed by atoms with E-state index in [0.29, 0.717) is 0 Å². The van der Waals surface area contributed by atoms with Crippen molar-refractivity contribution in [1.82, 2.24) is 0 Å². The molecule has 0 spiro atoms. The highest BCUT2D eigenvalue weighted by atomic mass is 19.4. The molecule has 15 heavy (non-hydrogen) atoms. The monoisotopic (exact) mass is 223 g/mol. The number of aromatic hydroxyl groups is 1. The zero-order valence-corrected chi connectivity index (χ0v) is 7.55. The zero-order valence-electron chi connectivity index (χ0n) is 7.55. The van der Waals surface area contributed by atoms with Crippen molar-refractivity contribution in [2.75, 3.05) is 0 Å². The molecular formula is C9H9F4NO. The van der Waals surface area contributed by atoms with Crippen LogP contribution < -0.4 is 5.73 Å². The van der Waals surface area contributed by atoms with Crippen LogP contribution in [0.2, 0.25) is 0 Å². The summed E-state index contributed by atoms with van der Waals surface area (Å²) in [5, 5.41) is 9.14. The summed E-state index contributed by atoms with van der Waals surface area (Å²) in [6.45, 7) is 0. The fourth-order valence-corrected chi connectivity index (χ4v) is 1.19. The topological polar surface area (TPSA) is 46.2 Å². The molecule has 0 fully saturated rings. The molecule has 0 amide bonds. The van der Waals surface area contributed by atoms with Crippen molar-refractivity contribution in [3.63, 3.8) is 0 Å². The summed E-state index contributed by atoms with van der Waals surface area (Å²) in [7, 11) is 0. The molecule has 0 aliphatic carbocycles. The quantitative estimate of drug-likeness (QED) is 0.756. The SMILES string of the molecule is N[C@@H](CC(F)(F)F)c1cccc(F)c1O. The van der Waals surface area contributed by atoms with Crippen LogP contribution in [-0.4, -0.2) is 11.3 Å². The number of halogens is 4. The molecule has 3 N–H and O–H groups in total. The second kappa shape index (κ2) is 4.06. The van der Waals surface area contributed by atoms with E-state index in [9.17, 15) is 17.6 Å². The number of hydrogen-bond donors (Lipinski definition) is 2. The van der Waals surface area contributed by atoms with Crippen LogP contribution in [0.1, 0.15) is 18.0 Å². The van der Waals surface area contributed by atoms with Crippen molar-refractivity contribution in [3.05, 3.63) is 29.6 Å². The van der Waals surface area contributed by atoms with Gasteiger partial charge in [-0.05, 0) is 6.07 Å². The first kappa shape index (κ1) is 11.8. The van der Waals surface area contributed by atoms with E-state index in [-0.39, 0.29) is 5.56 Å². The smallest absolute Gasteiger partial charge is 0.390 e. The van der Waals surface area contributed by atoms with Gasteiger partial charge in [-0.15, -0.1) is 0 Å². The molecular weight excluding hydrogens is 214 g/mol. The second-order valence-electron chi connectivity index (χ2n) is 3.10. The highest BCUT2D eigenvalue weighted by Gasteiger charge is 2.32. The van der Waals surface area contributed by atoms with E-state index in [2.05, 4.69) is 0 Å². The standard InChI is InChI=1S/C9H9F4NO/c10-6-3-1-2-5(8(6)15)7(14)4-9(11,12)13/h1-3,7,15H,4,14H2/t7-/m0/s1. The van der Waals surface area contributed by atoms with Crippen LogP contribution in [0.3, 0.4) is 0 Å². The summed E-state index contributed by atoms with van der Waals surface area (Å²) < 4.78 is 48.7. The first-order chi connectivity index (χ1) is 6.81. The molecule has 1 atom stereocenters. The number of rotatable bonds is 2. The van der Waals surface area contributed by atoms with Gasteiger partial charge < -0.3 is 10.8 Å². The van der Waals surface area contributed by atoms with Gasteiger partial charge in [-0.1, -0.05) is 12.1 Å². The Morgan fingerprint density at radius 1 is 1.33 bits per heavy atom. The molecule has 0 unspecified atom stereocenters. The van der Waals surface area contributed by atoms with Crippen LogP contribution in [-0.2, 0) is 0 Å². The summed E-state index contributed by atoms with van der Waals surface area (Å²) in [4.78, 5) is 0. The number of phenols is 1. The summed E-state index contributed by atoms with van der Waals surface area (Å²) >= 11 is 0. The van der Waals surface area contributed by atoms with Gasteiger partial charge in [0.1, 0.15) is 0 Å². The van der Waals surface area contributed by atoms with Crippen molar-refractivity contribution < 1.29 is 22.7 Å². The van der Waals surface area contributed by atoms with Crippen molar-refractivity contribution >= 4 is 0 Å². The summed E-state index contributed by atoms with van der Waals surface area (Å²) in [6, 6.07) is 1.84. The molecule has 0 radical (unpaired) electrons. The van der Waals surface area contributed by atoms with E-state index in [4.69, 9.17) is 10.8 Å². The Hall–Kier alpha value is -1.30. The van der Waals surface area contributed by atoms with E-state index < -0.39 is 30.2 Å². The van der Waals surface area contributed by atoms with Crippen LogP contribution in [0.25, 0.3) is 0 Å². The van der Waals surface area contributed by atoms with Gasteiger partial charge in [0.15, 0.2) is 11.6 Å². The molecule has 2 nitrogen and oxygen atoms in total. The Kier molecular flexibility index (Phi) is 3.18. The minimum Gasteiger partial charge on any atom is -0.505 e. The van der Waals surface area contributed by atoms with E-state index in [1.54, 1.807) is 0 Å². The number of hydrogen-bond acceptors (Lipinski definition) is 2. The lowest BCUT2D eigenvalue weighted by molar-refractivity contribution is -0.138. The average molecular weight is 223 g/mol. The van der Waals surface area contributed by atoms with E-state index in [1.165, 1.54) is 6.07 Å². The van der Waals surface area contributed by atoms with Crippen LogP contribution in [0.5, 0.6) is 5.75 Å². The number of phenolic OH excluding ortho intramolecular Hbond substituents is 1. The van der Waals surface area contributed by atoms with E-state index >= 15 is 0 Å². The first-order valence-corrected chi connectivity index (χ1v) is 4.11. The maximum atomic E-state index is 12.8. The molecule has 6 heteroatoms. The minimum atomic E-state index is -4.45. The summed E-state index contributed by atoms with van der Waals surface area (Å²) in [6.07, 6.45) is -5.75. The molecule has 1 aromatic carbocycles. The molecule has 1 rings (SSSR count). The largest absolute Gasteiger partial charge is 0.505 e. The van der Waals surface area contributed by atoms with E-state index in [1.807, 2.05) is 0 Å². The fourth-order valence-electron chi connectivity index (χ4n) is 1.19. The average Bonchev–Trinajstić information content (AvgIpc) is 2.06. The maximum absolute atomic E-state index is 12.8. The summed E-state index contributed by atoms with van der Waals surface area (Å²) in [5.74, 6) is -1.81. The van der Waals surface area contributed by atoms with Crippen molar-refractivity contribution in [2.45, 2.75) is 18.6 Å². The van der Waals surface area contributed by atoms with Crippen LogP contribution >= 0.6 is 0 Å². The summed E-state index contributed by atoms with van der Waals surface area (Å²) in [5.41, 5.74) is 4.96. The molecule has 0 aliphatic rings. The van der Waals surface area contributed by atoms with Crippen LogP contribution in [0.15, 0.2) is 18.2 Å². The van der Waals surface area contributed by atoms with Gasteiger partial charge in [-0.25, -0.2) is 4.39 Å². The van der Waals surface area contributed by atoms with Crippen LogP contribution in [0, 0.1) is 5.82 Å². The molecule has 0 heterocycles. The third-order valence-electron chi connectivity index (χ3n) is 1.87. The van der Waals surface area contributed by atoms with Gasteiger partial charge in [0.25, 0.3) is 0 Å². The molecule has 0 aromatic heterocycles. The predicted molar refractivity (Wildman–Crippen MR) is 45.7 cm³/mol. The molecule has 0 saturated carbocycles. The number of nitrogens with two attached hydrogens (primary N) is 1. The van der Waals surface area contributed by atoms with Crippen molar-refractivity contribution in [3.8, 4) is 5.75 Å². The fraction of sp³-hybridized carbons (Fsp3) is 0.333. The number of para-hydroxylation sites is 1. The predicted octanol–water partition coefficient (Wildman–Crippen LogP) is 2.48. The molecule has 0 saturated heterocycles. The Labute approximate surface area is 83.3 Å². The molecule has 0 aliphatic heterocycles. The Morgan fingerprint density at radius 3 is 2.47 bits per heavy atom.